The first-order chi connectivity index (χ1) is 9.74. The number of anilines is 1. The minimum Gasteiger partial charge on any atom is -0.493 e. The molecule has 1 aliphatic heterocycles. The smallest absolute Gasteiger partial charge is 0.152 e. The fourth-order valence-electron chi connectivity index (χ4n) is 2.38. The normalized spacial score (nSPS) is 17.8. The minimum atomic E-state index is 0.183. The molecule has 0 saturated heterocycles. The van der Waals surface area contributed by atoms with Crippen LogP contribution in [-0.4, -0.2) is 11.6 Å². The Morgan fingerprint density at radius 1 is 1.35 bits per heavy atom. The summed E-state index contributed by atoms with van der Waals surface area (Å²) < 4.78 is 6.83. The van der Waals surface area contributed by atoms with Crippen molar-refractivity contribution in [1.29, 1.82) is 0 Å². The predicted molar refractivity (Wildman–Crippen MR) is 84.5 cm³/mol. The maximum absolute atomic E-state index is 6.12. The molecule has 5 heteroatoms. The Balaban J connectivity index is 1.92. The number of rotatable bonds is 2. The van der Waals surface area contributed by atoms with Crippen LogP contribution in [0.3, 0.4) is 0 Å². The molecule has 0 radical (unpaired) electrons. The Bertz CT molecular complexity index is 621. The average Bonchev–Trinajstić information content (AvgIpc) is 2.63. The summed E-state index contributed by atoms with van der Waals surface area (Å²) in [6, 6.07) is 10.1. The summed E-state index contributed by atoms with van der Waals surface area (Å²) in [6.45, 7) is 0.738. The predicted octanol–water partition coefficient (Wildman–Crippen LogP) is 4.82. The first-order valence-electron chi connectivity index (χ1n) is 6.53. The van der Waals surface area contributed by atoms with Crippen molar-refractivity contribution in [3.8, 4) is 5.75 Å². The zero-order valence-corrected chi connectivity index (χ0v) is 13.1. The van der Waals surface area contributed by atoms with E-state index in [0.29, 0.717) is 5.15 Å². The number of aromatic nitrogens is 1. The largest absolute Gasteiger partial charge is 0.493 e. The molecule has 0 fully saturated rings. The van der Waals surface area contributed by atoms with Crippen LogP contribution < -0.4 is 10.1 Å². The maximum Gasteiger partial charge on any atom is 0.152 e. The third-order valence-electron chi connectivity index (χ3n) is 3.33. The number of fused-ring (bicyclic) bond motifs is 1. The van der Waals surface area contributed by atoms with E-state index in [1.54, 1.807) is 6.20 Å². The number of pyridine rings is 1. The van der Waals surface area contributed by atoms with Crippen LogP contribution in [0.5, 0.6) is 5.75 Å². The Hall–Kier alpha value is -1.26. The molecule has 0 bridgehead atoms. The van der Waals surface area contributed by atoms with Crippen LogP contribution in [0.15, 0.2) is 41.0 Å². The molecular weight excluding hydrogens is 340 g/mol. The lowest BCUT2D eigenvalue weighted by Gasteiger charge is -2.20. The van der Waals surface area contributed by atoms with Gasteiger partial charge < -0.3 is 10.1 Å². The highest BCUT2D eigenvalue weighted by Crippen LogP contribution is 2.36. The van der Waals surface area contributed by atoms with Gasteiger partial charge in [0, 0.05) is 16.2 Å². The molecule has 1 atom stereocenters. The first kappa shape index (κ1) is 13.7. The highest BCUT2D eigenvalue weighted by Gasteiger charge is 2.20. The summed E-state index contributed by atoms with van der Waals surface area (Å²) in [7, 11) is 0. The van der Waals surface area contributed by atoms with Crippen LogP contribution in [0.1, 0.15) is 24.4 Å². The summed E-state index contributed by atoms with van der Waals surface area (Å²) in [5.41, 5.74) is 2.01. The summed E-state index contributed by atoms with van der Waals surface area (Å²) >= 11 is 9.61. The second kappa shape index (κ2) is 6.02. The zero-order valence-electron chi connectivity index (χ0n) is 10.8. The van der Waals surface area contributed by atoms with Crippen LogP contribution in [0.25, 0.3) is 0 Å². The van der Waals surface area contributed by atoms with Gasteiger partial charge in [-0.1, -0.05) is 33.6 Å². The molecule has 1 aromatic heterocycles. The molecule has 104 valence electrons. The van der Waals surface area contributed by atoms with Gasteiger partial charge in [-0.3, -0.25) is 0 Å². The molecule has 0 saturated carbocycles. The number of hydrogen-bond acceptors (Lipinski definition) is 3. The van der Waals surface area contributed by atoms with E-state index in [1.165, 1.54) is 0 Å². The van der Waals surface area contributed by atoms with E-state index in [-0.39, 0.29) is 6.04 Å². The van der Waals surface area contributed by atoms with Crippen LogP contribution in [0.2, 0.25) is 5.15 Å². The van der Waals surface area contributed by atoms with Gasteiger partial charge in [-0.2, -0.15) is 0 Å². The molecule has 1 unspecified atom stereocenters. The van der Waals surface area contributed by atoms with E-state index in [9.17, 15) is 0 Å². The molecule has 20 heavy (non-hydrogen) atoms. The second-order valence-corrected chi connectivity index (χ2v) is 5.99. The number of nitrogens with one attached hydrogen (secondary N) is 1. The quantitative estimate of drug-likeness (QED) is 0.786. The van der Waals surface area contributed by atoms with Crippen molar-refractivity contribution in [2.45, 2.75) is 18.9 Å². The van der Waals surface area contributed by atoms with Crippen molar-refractivity contribution in [1.82, 2.24) is 4.98 Å². The van der Waals surface area contributed by atoms with E-state index in [0.717, 1.165) is 40.9 Å². The van der Waals surface area contributed by atoms with E-state index in [4.69, 9.17) is 16.3 Å². The molecule has 3 rings (SSSR count). The van der Waals surface area contributed by atoms with Crippen molar-refractivity contribution >= 4 is 33.2 Å². The zero-order chi connectivity index (χ0) is 13.9. The highest BCUT2D eigenvalue weighted by atomic mass is 79.9. The van der Waals surface area contributed by atoms with E-state index < -0.39 is 0 Å². The lowest BCUT2D eigenvalue weighted by molar-refractivity contribution is 0.316. The molecule has 2 heterocycles. The first-order valence-corrected chi connectivity index (χ1v) is 7.70. The Labute approximate surface area is 131 Å². The molecule has 1 N–H and O–H groups in total. The monoisotopic (exact) mass is 352 g/mol. The third kappa shape index (κ3) is 2.91. The molecule has 0 amide bonds. The van der Waals surface area contributed by atoms with Gasteiger partial charge in [-0.05, 0) is 37.1 Å². The molecule has 2 aromatic rings. The van der Waals surface area contributed by atoms with Gasteiger partial charge in [0.25, 0.3) is 0 Å². The van der Waals surface area contributed by atoms with E-state index >= 15 is 0 Å². The average molecular weight is 354 g/mol. The van der Waals surface area contributed by atoms with E-state index in [1.807, 2.05) is 24.3 Å². The van der Waals surface area contributed by atoms with Gasteiger partial charge in [0.05, 0.1) is 18.3 Å². The molecule has 3 nitrogen and oxygen atoms in total. The van der Waals surface area contributed by atoms with Gasteiger partial charge in [0.15, 0.2) is 5.15 Å². The highest BCUT2D eigenvalue weighted by molar-refractivity contribution is 9.10. The van der Waals surface area contributed by atoms with Crippen molar-refractivity contribution in [3.05, 3.63) is 51.7 Å². The van der Waals surface area contributed by atoms with Crippen molar-refractivity contribution in [2.75, 3.05) is 11.9 Å². The molecular formula is C15H14BrClN2O. The number of nitrogens with zero attached hydrogens (tertiary/aromatic N) is 1. The number of ether oxygens (including phenoxy) is 1. The fourth-order valence-corrected chi connectivity index (χ4v) is 2.89. The standard InChI is InChI=1S/C15H14BrClN2O/c16-10-5-6-11-12(4-2-8-20-14(11)9-10)19-13-3-1-7-18-15(13)17/h1,3,5-7,9,12,19H,2,4,8H2. The number of hydrogen-bond donors (Lipinski definition) is 1. The Morgan fingerprint density at radius 2 is 2.25 bits per heavy atom. The lowest BCUT2D eigenvalue weighted by Crippen LogP contribution is -2.10. The van der Waals surface area contributed by atoms with Gasteiger partial charge in [0.2, 0.25) is 0 Å². The van der Waals surface area contributed by atoms with Crippen LogP contribution >= 0.6 is 27.5 Å². The van der Waals surface area contributed by atoms with Crippen molar-refractivity contribution < 1.29 is 4.74 Å². The third-order valence-corrected chi connectivity index (χ3v) is 4.13. The Kier molecular flexibility index (Phi) is 4.13. The second-order valence-electron chi connectivity index (χ2n) is 4.71. The van der Waals surface area contributed by atoms with Gasteiger partial charge >= 0.3 is 0 Å². The van der Waals surface area contributed by atoms with Crippen molar-refractivity contribution in [2.24, 2.45) is 0 Å². The molecule has 1 aliphatic rings. The van der Waals surface area contributed by atoms with Gasteiger partial charge in [-0.25, -0.2) is 4.98 Å². The lowest BCUT2D eigenvalue weighted by atomic mass is 10.0. The molecule has 0 spiro atoms. The summed E-state index contributed by atoms with van der Waals surface area (Å²) in [6.07, 6.45) is 3.69. The summed E-state index contributed by atoms with van der Waals surface area (Å²) in [5, 5.41) is 3.97. The maximum atomic E-state index is 6.12. The SMILES string of the molecule is Clc1ncccc1NC1CCCOc2cc(Br)ccc21. The Morgan fingerprint density at radius 3 is 3.10 bits per heavy atom. The van der Waals surface area contributed by atoms with Crippen LogP contribution in [-0.2, 0) is 0 Å². The van der Waals surface area contributed by atoms with Gasteiger partial charge in [0.1, 0.15) is 5.75 Å². The minimum absolute atomic E-state index is 0.183. The van der Waals surface area contributed by atoms with Gasteiger partial charge in [-0.15, -0.1) is 0 Å². The molecule has 1 aromatic carbocycles. The number of benzene rings is 1. The van der Waals surface area contributed by atoms with Crippen LogP contribution in [0.4, 0.5) is 5.69 Å². The fraction of sp³-hybridized carbons (Fsp3) is 0.267. The summed E-state index contributed by atoms with van der Waals surface area (Å²) in [5.74, 6) is 0.925. The van der Waals surface area contributed by atoms with E-state index in [2.05, 4.69) is 32.3 Å². The topological polar surface area (TPSA) is 34.2 Å². The summed E-state index contributed by atoms with van der Waals surface area (Å²) in [4.78, 5) is 4.10. The number of halogens is 2. The van der Waals surface area contributed by atoms with Crippen LogP contribution in [0, 0.1) is 0 Å². The van der Waals surface area contributed by atoms with Crippen molar-refractivity contribution in [3.63, 3.8) is 0 Å². The molecule has 0 aliphatic carbocycles.